The van der Waals surface area contributed by atoms with E-state index in [-0.39, 0.29) is 31.0 Å². The van der Waals surface area contributed by atoms with E-state index in [1.54, 1.807) is 13.3 Å². The Bertz CT molecular complexity index is 175. The van der Waals surface area contributed by atoms with E-state index in [1.807, 2.05) is 13.0 Å². The summed E-state index contributed by atoms with van der Waals surface area (Å²) in [5.41, 5.74) is 5.16. The number of hydrazine groups is 3. The maximum atomic E-state index is 5.33. The van der Waals surface area contributed by atoms with E-state index in [4.69, 9.17) is 16.5 Å². The second-order valence-electron chi connectivity index (χ2n) is 2.31. The Labute approximate surface area is 100 Å². The molecule has 5 nitrogen and oxygen atoms in total. The Kier molecular flexibility index (Phi) is 5.71. The Morgan fingerprint density at radius 1 is 1.75 bits per heavy atom. The number of rotatable bonds is 2. The molecule has 12 heavy (non-hydrogen) atoms. The third-order valence-corrected chi connectivity index (χ3v) is 1.62. The molecular weight excluding hydrogens is 191 g/mol. The van der Waals surface area contributed by atoms with Gasteiger partial charge in [-0.2, -0.15) is 5.43 Å². The summed E-state index contributed by atoms with van der Waals surface area (Å²) in [5.74, 6) is 0. The topological polar surface area (TPSA) is 48.6 Å². The van der Waals surface area contributed by atoms with Crippen molar-refractivity contribution in [3.8, 4) is 0 Å². The van der Waals surface area contributed by atoms with Crippen molar-refractivity contribution >= 4 is 11.8 Å². The molecule has 1 aliphatic heterocycles. The maximum absolute atomic E-state index is 5.33. The van der Waals surface area contributed by atoms with Crippen molar-refractivity contribution in [2.75, 3.05) is 7.11 Å². The second-order valence-corrected chi connectivity index (χ2v) is 2.47. The van der Waals surface area contributed by atoms with E-state index < -0.39 is 5.72 Å². The summed E-state index contributed by atoms with van der Waals surface area (Å²) >= 11 is 5.33. The molecular formula is C5H12ClN4NaO. The fourth-order valence-corrected chi connectivity index (χ4v) is 0.813. The predicted octanol–water partition coefficient (Wildman–Crippen LogP) is -3.04. The molecule has 0 spiro atoms. The van der Waals surface area contributed by atoms with Gasteiger partial charge in [0, 0.05) is 13.3 Å². The van der Waals surface area contributed by atoms with Crippen molar-refractivity contribution in [3.63, 3.8) is 0 Å². The number of ether oxygens (including phenoxy) is 1. The number of methoxy groups -OCH3 is 1. The van der Waals surface area contributed by atoms with Gasteiger partial charge >= 0.3 is 29.6 Å². The van der Waals surface area contributed by atoms with E-state index in [0.29, 0.717) is 0 Å². The molecule has 1 heterocycles. The summed E-state index contributed by atoms with van der Waals surface area (Å²) in [4.78, 5) is 2.35. The summed E-state index contributed by atoms with van der Waals surface area (Å²) < 4.78 is 5.13. The number of nitrogens with one attached hydrogen (secondary N) is 3. The van der Waals surface area contributed by atoms with Crippen LogP contribution in [0.1, 0.15) is 8.35 Å². The van der Waals surface area contributed by atoms with Gasteiger partial charge in [0.1, 0.15) is 0 Å². The van der Waals surface area contributed by atoms with Crippen LogP contribution in [0.3, 0.4) is 0 Å². The summed E-state index contributed by atoms with van der Waals surface area (Å²) in [7, 11) is 1.61. The summed E-state index contributed by atoms with van der Waals surface area (Å²) in [6.07, 6.45) is 3.55. The van der Waals surface area contributed by atoms with Crippen molar-refractivity contribution in [2.45, 2.75) is 12.6 Å². The number of nitrogens with zero attached hydrogens (tertiary/aromatic N) is 1. The van der Waals surface area contributed by atoms with Crippen LogP contribution >= 0.6 is 11.8 Å². The van der Waals surface area contributed by atoms with Crippen LogP contribution in [0.15, 0.2) is 12.3 Å². The first-order chi connectivity index (χ1) is 5.20. The minimum Gasteiger partial charge on any atom is -1.00 e. The molecule has 1 aliphatic rings. The quantitative estimate of drug-likeness (QED) is 0.329. The molecule has 0 amide bonds. The standard InChI is InChI=1S/C5H11ClN4O.Na.H/c1-5(11-2)3-4-7-10(8-5)9-6;;/h3-4,7-9H,1-2H3;;/q;+1;-1. The van der Waals surface area contributed by atoms with Gasteiger partial charge in [0.05, 0.1) is 0 Å². The zero-order valence-corrected chi connectivity index (χ0v) is 10.1. The molecule has 1 rings (SSSR count). The van der Waals surface area contributed by atoms with Crippen LogP contribution in [0, 0.1) is 0 Å². The van der Waals surface area contributed by atoms with Crippen molar-refractivity contribution in [1.29, 1.82) is 0 Å². The molecule has 0 aliphatic carbocycles. The zero-order valence-electron chi connectivity index (χ0n) is 8.39. The maximum Gasteiger partial charge on any atom is 1.00 e. The van der Waals surface area contributed by atoms with E-state index in [2.05, 4.69) is 15.8 Å². The number of hydrogen-bond acceptors (Lipinski definition) is 5. The van der Waals surface area contributed by atoms with Crippen LogP contribution in [0.25, 0.3) is 0 Å². The fourth-order valence-electron chi connectivity index (χ4n) is 0.722. The first kappa shape index (κ1) is 12.7. The van der Waals surface area contributed by atoms with Crippen LogP contribution in [0.5, 0.6) is 0 Å². The molecule has 0 aromatic carbocycles. The van der Waals surface area contributed by atoms with Crippen LogP contribution < -0.4 is 45.4 Å². The second kappa shape index (κ2) is 5.41. The van der Waals surface area contributed by atoms with Crippen molar-refractivity contribution in [2.24, 2.45) is 0 Å². The van der Waals surface area contributed by atoms with Gasteiger partial charge in [-0.1, -0.05) is 5.23 Å². The fraction of sp³-hybridized carbons (Fsp3) is 0.600. The van der Waals surface area contributed by atoms with Gasteiger partial charge in [-0.3, -0.25) is 5.43 Å². The Hall–Kier alpha value is 0.670. The Morgan fingerprint density at radius 3 is 2.92 bits per heavy atom. The molecule has 66 valence electrons. The number of hydrogen-bond donors (Lipinski definition) is 3. The van der Waals surface area contributed by atoms with Gasteiger partial charge < -0.3 is 6.16 Å². The molecule has 1 atom stereocenters. The molecule has 0 radical (unpaired) electrons. The van der Waals surface area contributed by atoms with Crippen LogP contribution in [-0.2, 0) is 4.74 Å². The van der Waals surface area contributed by atoms with Crippen molar-refractivity contribution in [1.82, 2.24) is 21.0 Å². The van der Waals surface area contributed by atoms with Gasteiger partial charge in [0.2, 0.25) is 0 Å². The zero-order chi connectivity index (χ0) is 8.32. The van der Waals surface area contributed by atoms with Crippen LogP contribution in [-0.4, -0.2) is 18.1 Å². The first-order valence-corrected chi connectivity index (χ1v) is 3.51. The average Bonchev–Trinajstić information content (AvgIpc) is 2.05. The number of halogens is 1. The minimum absolute atomic E-state index is 0. The molecule has 3 N–H and O–H groups in total. The normalized spacial score (nSPS) is 29.2. The van der Waals surface area contributed by atoms with E-state index in [9.17, 15) is 0 Å². The van der Waals surface area contributed by atoms with Crippen molar-refractivity contribution < 1.29 is 35.7 Å². The molecule has 0 fully saturated rings. The van der Waals surface area contributed by atoms with Gasteiger partial charge in [-0.05, 0) is 24.8 Å². The van der Waals surface area contributed by atoms with Crippen LogP contribution in [0.4, 0.5) is 0 Å². The molecule has 0 bridgehead atoms. The summed E-state index contributed by atoms with van der Waals surface area (Å²) in [5, 5.41) is 1.38. The average molecular weight is 203 g/mol. The Morgan fingerprint density at radius 2 is 2.42 bits per heavy atom. The monoisotopic (exact) mass is 202 g/mol. The molecule has 7 heteroatoms. The third kappa shape index (κ3) is 3.20. The van der Waals surface area contributed by atoms with Crippen LogP contribution in [0.2, 0.25) is 0 Å². The smallest absolute Gasteiger partial charge is 1.00 e. The SMILES string of the molecule is COC1(C)C=CNN(NCl)N1.[H-].[Na+]. The van der Waals surface area contributed by atoms with E-state index in [1.165, 1.54) is 5.23 Å². The van der Waals surface area contributed by atoms with Gasteiger partial charge in [0.15, 0.2) is 5.72 Å². The molecule has 0 aromatic rings. The third-order valence-electron chi connectivity index (χ3n) is 1.45. The Balaban J connectivity index is 0. The summed E-state index contributed by atoms with van der Waals surface area (Å²) in [6.45, 7) is 1.87. The molecule has 0 saturated heterocycles. The van der Waals surface area contributed by atoms with Gasteiger partial charge in [-0.15, -0.1) is 4.94 Å². The van der Waals surface area contributed by atoms with Gasteiger partial charge in [-0.25, -0.2) is 0 Å². The first-order valence-electron chi connectivity index (χ1n) is 3.13. The predicted molar refractivity (Wildman–Crippen MR) is 42.8 cm³/mol. The molecule has 1 unspecified atom stereocenters. The largest absolute Gasteiger partial charge is 1.00 e. The minimum atomic E-state index is -0.521. The summed E-state index contributed by atoms with van der Waals surface area (Å²) in [6, 6.07) is 0. The van der Waals surface area contributed by atoms with E-state index in [0.717, 1.165) is 0 Å². The van der Waals surface area contributed by atoms with E-state index >= 15 is 0 Å². The molecule has 0 aromatic heterocycles. The van der Waals surface area contributed by atoms with Crippen molar-refractivity contribution in [3.05, 3.63) is 12.3 Å². The van der Waals surface area contributed by atoms with Gasteiger partial charge in [0.25, 0.3) is 0 Å². The molecule has 0 saturated carbocycles.